The van der Waals surface area contributed by atoms with Crippen LogP contribution in [0.1, 0.15) is 26.2 Å². The van der Waals surface area contributed by atoms with Crippen molar-refractivity contribution in [3.05, 3.63) is 29.0 Å². The van der Waals surface area contributed by atoms with Crippen LogP contribution in [0, 0.1) is 5.92 Å². The van der Waals surface area contributed by atoms with Crippen molar-refractivity contribution in [1.29, 1.82) is 0 Å². The van der Waals surface area contributed by atoms with Crippen molar-refractivity contribution in [2.24, 2.45) is 5.92 Å². The molecular formula is C17H21BrN4O. The van der Waals surface area contributed by atoms with Gasteiger partial charge in [0, 0.05) is 36.5 Å². The highest BCUT2D eigenvalue weighted by Crippen LogP contribution is 2.29. The van der Waals surface area contributed by atoms with Crippen LogP contribution in [0.4, 0.5) is 5.69 Å². The monoisotopic (exact) mass is 376 g/mol. The van der Waals surface area contributed by atoms with Gasteiger partial charge in [0.05, 0.1) is 17.1 Å². The third kappa shape index (κ3) is 3.63. The second-order valence-corrected chi connectivity index (χ2v) is 6.84. The molecule has 0 aromatic carbocycles. The van der Waals surface area contributed by atoms with Crippen LogP contribution in [-0.2, 0) is 4.79 Å². The number of piperidine rings is 1. The maximum absolute atomic E-state index is 12.3. The topological polar surface area (TPSA) is 58.1 Å². The van der Waals surface area contributed by atoms with Gasteiger partial charge in [0.25, 0.3) is 0 Å². The number of nitrogens with zero attached hydrogens (tertiary/aromatic N) is 3. The third-order valence-corrected chi connectivity index (χ3v) is 4.64. The molecule has 2 aromatic heterocycles. The van der Waals surface area contributed by atoms with Gasteiger partial charge >= 0.3 is 0 Å². The summed E-state index contributed by atoms with van der Waals surface area (Å²) in [4.78, 5) is 23.5. The van der Waals surface area contributed by atoms with Crippen LogP contribution >= 0.6 is 15.9 Å². The first-order valence-electron chi connectivity index (χ1n) is 8.12. The summed E-state index contributed by atoms with van der Waals surface area (Å²) in [5.41, 5.74) is 2.83. The molecule has 3 rings (SSSR count). The maximum atomic E-state index is 12.3. The van der Waals surface area contributed by atoms with E-state index in [4.69, 9.17) is 0 Å². The molecule has 1 saturated heterocycles. The molecule has 3 heterocycles. The minimum atomic E-state index is 0.0500. The van der Waals surface area contributed by atoms with Gasteiger partial charge in [0.1, 0.15) is 5.52 Å². The number of halogens is 1. The number of nitrogens with one attached hydrogen (secondary N) is 1. The van der Waals surface area contributed by atoms with Crippen LogP contribution in [0.5, 0.6) is 0 Å². The van der Waals surface area contributed by atoms with Gasteiger partial charge in [-0.2, -0.15) is 0 Å². The Kier molecular flexibility index (Phi) is 5.10. The van der Waals surface area contributed by atoms with E-state index in [-0.39, 0.29) is 11.8 Å². The summed E-state index contributed by atoms with van der Waals surface area (Å²) >= 11 is 3.44. The molecule has 1 N–H and O–H groups in total. The van der Waals surface area contributed by atoms with Crippen molar-refractivity contribution < 1.29 is 4.79 Å². The Bertz CT molecular complexity index is 706. The van der Waals surface area contributed by atoms with Crippen molar-refractivity contribution in [3.8, 4) is 0 Å². The maximum Gasteiger partial charge on any atom is 0.224 e. The normalized spacial score (nSPS) is 18.2. The Hall–Kier alpha value is -1.69. The highest BCUT2D eigenvalue weighted by Gasteiger charge is 2.26. The zero-order valence-corrected chi connectivity index (χ0v) is 14.8. The van der Waals surface area contributed by atoms with Gasteiger partial charge in [-0.25, -0.2) is 0 Å². The van der Waals surface area contributed by atoms with Crippen LogP contribution < -0.4 is 10.2 Å². The van der Waals surface area contributed by atoms with E-state index in [1.807, 2.05) is 18.3 Å². The lowest BCUT2D eigenvalue weighted by atomic mass is 9.96. The number of carbonyl (C=O) groups is 1. The summed E-state index contributed by atoms with van der Waals surface area (Å²) in [5.74, 6) is 0.222. The van der Waals surface area contributed by atoms with Crippen molar-refractivity contribution in [3.63, 3.8) is 0 Å². The van der Waals surface area contributed by atoms with Gasteiger partial charge in [-0.15, -0.1) is 0 Å². The molecule has 122 valence electrons. The molecule has 0 aliphatic carbocycles. The summed E-state index contributed by atoms with van der Waals surface area (Å²) in [6.45, 7) is 4.52. The summed E-state index contributed by atoms with van der Waals surface area (Å²) in [6.07, 6.45) is 6.55. The first kappa shape index (κ1) is 16.2. The fourth-order valence-electron chi connectivity index (χ4n) is 3.05. The van der Waals surface area contributed by atoms with Crippen LogP contribution in [0.15, 0.2) is 29.0 Å². The average Bonchev–Trinajstić information content (AvgIpc) is 2.59. The van der Waals surface area contributed by atoms with Gasteiger partial charge in [-0.05, 0) is 47.3 Å². The lowest BCUT2D eigenvalue weighted by Crippen LogP contribution is -2.43. The van der Waals surface area contributed by atoms with E-state index in [1.54, 1.807) is 6.20 Å². The Morgan fingerprint density at radius 1 is 1.48 bits per heavy atom. The summed E-state index contributed by atoms with van der Waals surface area (Å²) in [7, 11) is 0. The molecule has 5 nitrogen and oxygen atoms in total. The van der Waals surface area contributed by atoms with Crippen molar-refractivity contribution in [1.82, 2.24) is 15.3 Å². The zero-order valence-electron chi connectivity index (χ0n) is 13.3. The highest BCUT2D eigenvalue weighted by atomic mass is 79.9. The number of hydrogen-bond acceptors (Lipinski definition) is 4. The Labute approximate surface area is 144 Å². The van der Waals surface area contributed by atoms with Crippen molar-refractivity contribution >= 4 is 38.6 Å². The zero-order chi connectivity index (χ0) is 16.2. The molecule has 1 fully saturated rings. The molecule has 6 heteroatoms. The summed E-state index contributed by atoms with van der Waals surface area (Å²) in [6, 6.07) is 3.97. The van der Waals surface area contributed by atoms with Crippen molar-refractivity contribution in [2.45, 2.75) is 26.2 Å². The molecule has 1 aliphatic rings. The smallest absolute Gasteiger partial charge is 0.224 e. The van der Waals surface area contributed by atoms with Crippen molar-refractivity contribution in [2.75, 3.05) is 24.5 Å². The number of carbonyl (C=O) groups excluding carboxylic acids is 1. The number of amides is 1. The van der Waals surface area contributed by atoms with E-state index in [0.717, 1.165) is 60.1 Å². The van der Waals surface area contributed by atoms with E-state index in [9.17, 15) is 4.79 Å². The molecule has 0 saturated carbocycles. The lowest BCUT2D eigenvalue weighted by molar-refractivity contribution is -0.125. The largest absolute Gasteiger partial charge is 0.369 e. The number of fused-ring (bicyclic) bond motifs is 1. The number of rotatable bonds is 4. The molecule has 23 heavy (non-hydrogen) atoms. The van der Waals surface area contributed by atoms with Crippen LogP contribution in [0.25, 0.3) is 11.0 Å². The minimum Gasteiger partial charge on any atom is -0.369 e. The van der Waals surface area contributed by atoms with Gasteiger partial charge < -0.3 is 10.2 Å². The fourth-order valence-corrected chi connectivity index (χ4v) is 3.37. The van der Waals surface area contributed by atoms with E-state index in [1.165, 1.54) is 0 Å². The van der Waals surface area contributed by atoms with Crippen LogP contribution in [-0.4, -0.2) is 35.5 Å². The van der Waals surface area contributed by atoms with Gasteiger partial charge in [0.15, 0.2) is 0 Å². The number of hydrogen-bond donors (Lipinski definition) is 1. The number of aromatic nitrogens is 2. The first-order valence-corrected chi connectivity index (χ1v) is 8.91. The molecule has 1 aliphatic heterocycles. The van der Waals surface area contributed by atoms with E-state index >= 15 is 0 Å². The first-order chi connectivity index (χ1) is 11.2. The average molecular weight is 377 g/mol. The van der Waals surface area contributed by atoms with E-state index in [0.29, 0.717) is 0 Å². The Balaban J connectivity index is 1.83. The van der Waals surface area contributed by atoms with Gasteiger partial charge in [-0.1, -0.05) is 6.92 Å². The molecule has 1 atom stereocenters. The predicted molar refractivity (Wildman–Crippen MR) is 95.5 cm³/mol. The number of pyridine rings is 2. The second-order valence-electron chi connectivity index (χ2n) is 5.93. The second kappa shape index (κ2) is 7.25. The molecule has 1 amide bonds. The van der Waals surface area contributed by atoms with Gasteiger partial charge in [-0.3, -0.25) is 14.8 Å². The molecule has 2 aromatic rings. The van der Waals surface area contributed by atoms with Crippen LogP contribution in [0.3, 0.4) is 0 Å². The summed E-state index contributed by atoms with van der Waals surface area (Å²) in [5, 5.41) is 3.02. The van der Waals surface area contributed by atoms with E-state index < -0.39 is 0 Å². The fraction of sp³-hybridized carbons (Fsp3) is 0.471. The van der Waals surface area contributed by atoms with E-state index in [2.05, 4.69) is 43.0 Å². The number of anilines is 1. The van der Waals surface area contributed by atoms with Crippen LogP contribution in [0.2, 0.25) is 0 Å². The Morgan fingerprint density at radius 3 is 3.17 bits per heavy atom. The molecule has 1 unspecified atom stereocenters. The highest BCUT2D eigenvalue weighted by molar-refractivity contribution is 9.10. The molecular weight excluding hydrogens is 356 g/mol. The lowest BCUT2D eigenvalue weighted by Gasteiger charge is -2.34. The quantitative estimate of drug-likeness (QED) is 0.890. The predicted octanol–water partition coefficient (Wildman–Crippen LogP) is 3.13. The molecule has 0 radical (unpaired) electrons. The molecule has 0 bridgehead atoms. The minimum absolute atomic E-state index is 0.0500. The van der Waals surface area contributed by atoms with Gasteiger partial charge in [0.2, 0.25) is 5.91 Å². The molecule has 0 spiro atoms. The Morgan fingerprint density at radius 2 is 2.35 bits per heavy atom. The SMILES string of the molecule is CCCNC(=O)C1CCCN(c2ccnc3cc(Br)cnc23)C1. The standard InChI is InChI=1S/C17H21BrN4O/c1-2-6-20-17(23)12-4-3-8-22(11-12)15-5-7-19-14-9-13(18)10-21-16(14)15/h5,7,9-10,12H,2-4,6,8,11H2,1H3,(H,20,23). The summed E-state index contributed by atoms with van der Waals surface area (Å²) < 4.78 is 0.921. The third-order valence-electron chi connectivity index (χ3n) is 4.20.